The Labute approximate surface area is 206 Å². The summed E-state index contributed by atoms with van der Waals surface area (Å²) in [5.74, 6) is 0.498. The van der Waals surface area contributed by atoms with E-state index in [1.54, 1.807) is 24.5 Å². The van der Waals surface area contributed by atoms with Gasteiger partial charge in [0.2, 0.25) is 5.95 Å². The maximum Gasteiger partial charge on any atom is 0.245 e. The van der Waals surface area contributed by atoms with Crippen molar-refractivity contribution in [3.8, 4) is 33.5 Å². The minimum Gasteiger partial charge on any atom is -0.507 e. The molecule has 35 heavy (non-hydrogen) atoms. The van der Waals surface area contributed by atoms with Crippen LogP contribution in [0.1, 0.15) is 50.5 Å². The van der Waals surface area contributed by atoms with Crippen LogP contribution in [0.25, 0.3) is 21.7 Å². The molecule has 0 spiro atoms. The third-order valence-corrected chi connectivity index (χ3v) is 8.38. The highest BCUT2D eigenvalue weighted by molar-refractivity contribution is 7.15. The lowest BCUT2D eigenvalue weighted by molar-refractivity contribution is 0.0582. The van der Waals surface area contributed by atoms with Crippen molar-refractivity contribution in [2.24, 2.45) is 0 Å². The quantitative estimate of drug-likeness (QED) is 0.546. The van der Waals surface area contributed by atoms with E-state index in [1.807, 2.05) is 12.1 Å². The molecular weight excluding hydrogens is 465 g/mol. The van der Waals surface area contributed by atoms with Gasteiger partial charge in [-0.1, -0.05) is 6.07 Å². The van der Waals surface area contributed by atoms with E-state index in [1.165, 1.54) is 11.3 Å². The molecule has 2 bridgehead atoms. The summed E-state index contributed by atoms with van der Waals surface area (Å²) in [6.07, 6.45) is 7.96. The predicted octanol–water partition coefficient (Wildman–Crippen LogP) is 4.22. The number of nitrogens with zero attached hydrogens (tertiary/aromatic N) is 6. The van der Waals surface area contributed by atoms with Crippen LogP contribution in [0.5, 0.6) is 5.75 Å². The number of rotatable bonds is 5. The Morgan fingerprint density at radius 2 is 2.09 bits per heavy atom. The van der Waals surface area contributed by atoms with E-state index in [-0.39, 0.29) is 29.4 Å². The van der Waals surface area contributed by atoms with E-state index in [0.29, 0.717) is 22.2 Å². The van der Waals surface area contributed by atoms with Crippen molar-refractivity contribution in [1.29, 1.82) is 5.26 Å². The van der Waals surface area contributed by atoms with Gasteiger partial charge in [-0.2, -0.15) is 5.26 Å². The lowest BCUT2D eigenvalue weighted by Crippen LogP contribution is -2.67. The third kappa shape index (κ3) is 4.13. The molecule has 1 saturated carbocycles. The second-order valence-electron chi connectivity index (χ2n) is 10.1. The molecule has 2 aliphatic heterocycles. The summed E-state index contributed by atoms with van der Waals surface area (Å²) in [6, 6.07) is 7.10. The lowest BCUT2D eigenvalue weighted by atomic mass is 9.74. The smallest absolute Gasteiger partial charge is 0.245 e. The number of nitriles is 1. The zero-order valence-electron chi connectivity index (χ0n) is 19.4. The van der Waals surface area contributed by atoms with Gasteiger partial charge in [-0.3, -0.25) is 0 Å². The van der Waals surface area contributed by atoms with Crippen molar-refractivity contribution in [1.82, 2.24) is 25.5 Å². The Balaban J connectivity index is 1.26. The minimum atomic E-state index is -0.975. The number of aromatic nitrogens is 4. The van der Waals surface area contributed by atoms with Crippen molar-refractivity contribution in [3.63, 3.8) is 0 Å². The highest BCUT2D eigenvalue weighted by Crippen LogP contribution is 2.42. The van der Waals surface area contributed by atoms with Crippen LogP contribution in [0.2, 0.25) is 0 Å². The molecule has 2 aromatic heterocycles. The highest BCUT2D eigenvalue weighted by atomic mass is 32.1. The standard InChI is InChI=1S/C25H26FN7OS/c1-25-8-2-3-17(30-25)23(26)19(10-25)33(15-5-6-15)24-29-12-18(31-32-24)16-7-4-14(9-20(16)34)21-13-28-22(11-27)35-21/h4,7,9,12-13,15,17,19,23,30,34H,2-3,5-6,8,10H2,1H3/t17-,19+,23-,25+/m0/s1. The number of phenols is 1. The van der Waals surface area contributed by atoms with Gasteiger partial charge in [-0.15, -0.1) is 21.5 Å². The van der Waals surface area contributed by atoms with Crippen LogP contribution in [0.4, 0.5) is 10.3 Å². The van der Waals surface area contributed by atoms with Gasteiger partial charge in [0.25, 0.3) is 0 Å². The average Bonchev–Trinajstić information content (AvgIpc) is 3.57. The summed E-state index contributed by atoms with van der Waals surface area (Å²) < 4.78 is 15.6. The number of benzene rings is 1. The maximum absolute atomic E-state index is 15.6. The summed E-state index contributed by atoms with van der Waals surface area (Å²) >= 11 is 1.27. The second kappa shape index (κ2) is 8.50. The number of aromatic hydroxyl groups is 1. The molecule has 0 radical (unpaired) electrons. The van der Waals surface area contributed by atoms with Crippen molar-refractivity contribution in [2.75, 3.05) is 4.90 Å². The van der Waals surface area contributed by atoms with Crippen LogP contribution in [0, 0.1) is 11.3 Å². The first-order valence-electron chi connectivity index (χ1n) is 12.0. The van der Waals surface area contributed by atoms with Crippen LogP contribution in [0.15, 0.2) is 30.6 Å². The Kier molecular flexibility index (Phi) is 5.42. The summed E-state index contributed by atoms with van der Waals surface area (Å²) in [4.78, 5) is 11.5. The summed E-state index contributed by atoms with van der Waals surface area (Å²) in [5, 5.41) is 32.3. The topological polar surface area (TPSA) is 111 Å². The van der Waals surface area contributed by atoms with E-state index >= 15 is 4.39 Å². The van der Waals surface area contributed by atoms with Crippen LogP contribution >= 0.6 is 11.3 Å². The molecule has 180 valence electrons. The van der Waals surface area contributed by atoms with Crippen molar-refractivity contribution in [3.05, 3.63) is 35.6 Å². The second-order valence-corrected chi connectivity index (χ2v) is 11.1. The summed E-state index contributed by atoms with van der Waals surface area (Å²) in [7, 11) is 0. The number of alkyl halides is 1. The van der Waals surface area contributed by atoms with Gasteiger partial charge >= 0.3 is 0 Å². The number of fused-ring (bicyclic) bond motifs is 2. The number of halogens is 1. The van der Waals surface area contributed by atoms with E-state index in [9.17, 15) is 5.11 Å². The van der Waals surface area contributed by atoms with Gasteiger partial charge in [0.15, 0.2) is 5.01 Å². The molecule has 4 atom stereocenters. The van der Waals surface area contributed by atoms with Crippen molar-refractivity contribution in [2.45, 2.75) is 75.3 Å². The van der Waals surface area contributed by atoms with Crippen LogP contribution in [-0.4, -0.2) is 55.1 Å². The Bertz CT molecular complexity index is 1290. The van der Waals surface area contributed by atoms with Gasteiger partial charge in [0.1, 0.15) is 23.7 Å². The zero-order valence-corrected chi connectivity index (χ0v) is 20.2. The number of hydrogen-bond acceptors (Lipinski definition) is 9. The molecule has 0 unspecified atom stereocenters. The summed E-state index contributed by atoms with van der Waals surface area (Å²) in [6.45, 7) is 2.20. The van der Waals surface area contributed by atoms with E-state index in [4.69, 9.17) is 5.26 Å². The molecule has 0 amide bonds. The molecule has 2 saturated heterocycles. The van der Waals surface area contributed by atoms with Crippen LogP contribution in [-0.2, 0) is 0 Å². The SMILES string of the molecule is C[C@]12CCC[C@H](N1)[C@H](F)[C@H](N(c1ncc(-c3ccc(-c4cnc(C#N)s4)cc3O)nn1)C1CC1)C2. The molecular formula is C25H26FN7OS. The number of anilines is 1. The van der Waals surface area contributed by atoms with Crippen molar-refractivity contribution < 1.29 is 9.50 Å². The third-order valence-electron chi connectivity index (χ3n) is 7.43. The van der Waals surface area contributed by atoms with Gasteiger partial charge in [0, 0.05) is 29.4 Å². The first kappa shape index (κ1) is 22.3. The van der Waals surface area contributed by atoms with E-state index in [2.05, 4.69) is 37.3 Å². The zero-order chi connectivity index (χ0) is 24.2. The molecule has 3 fully saturated rings. The number of nitrogens with one attached hydrogen (secondary N) is 1. The molecule has 8 nitrogen and oxygen atoms in total. The molecule has 2 N–H and O–H groups in total. The minimum absolute atomic E-state index is 0.0419. The molecule has 1 aromatic carbocycles. The molecule has 1 aliphatic carbocycles. The Morgan fingerprint density at radius 1 is 1.23 bits per heavy atom. The van der Waals surface area contributed by atoms with Gasteiger partial charge in [-0.05, 0) is 63.1 Å². The monoisotopic (exact) mass is 491 g/mol. The number of hydrogen-bond donors (Lipinski definition) is 2. The lowest BCUT2D eigenvalue weighted by Gasteiger charge is -2.52. The molecule has 6 rings (SSSR count). The number of thiazole rings is 1. The van der Waals surface area contributed by atoms with Gasteiger partial charge < -0.3 is 15.3 Å². The van der Waals surface area contributed by atoms with E-state index in [0.717, 1.165) is 49.0 Å². The molecule has 3 aliphatic rings. The van der Waals surface area contributed by atoms with E-state index < -0.39 is 6.17 Å². The first-order valence-corrected chi connectivity index (χ1v) is 12.9. The summed E-state index contributed by atoms with van der Waals surface area (Å²) in [5.41, 5.74) is 1.66. The van der Waals surface area contributed by atoms with Crippen LogP contribution in [0.3, 0.4) is 0 Å². The molecule has 4 heterocycles. The predicted molar refractivity (Wildman–Crippen MR) is 131 cm³/mol. The average molecular weight is 492 g/mol. The Hall–Kier alpha value is -3.16. The molecule has 10 heteroatoms. The number of piperidine rings is 2. The van der Waals surface area contributed by atoms with Gasteiger partial charge in [0.05, 0.1) is 17.1 Å². The fraction of sp³-hybridized carbons (Fsp3) is 0.480. The highest BCUT2D eigenvalue weighted by Gasteiger charge is 2.50. The maximum atomic E-state index is 15.6. The fourth-order valence-corrected chi connectivity index (χ4v) is 6.31. The normalized spacial score (nSPS) is 27.9. The first-order chi connectivity index (χ1) is 16.9. The fourth-order valence-electron chi connectivity index (χ4n) is 5.60. The number of phenolic OH excluding ortho intramolecular Hbond substituents is 1. The Morgan fingerprint density at radius 3 is 2.77 bits per heavy atom. The largest absolute Gasteiger partial charge is 0.507 e. The van der Waals surface area contributed by atoms with Crippen molar-refractivity contribution >= 4 is 17.3 Å². The van der Waals surface area contributed by atoms with Crippen LogP contribution < -0.4 is 10.2 Å². The molecule has 3 aromatic rings. The van der Waals surface area contributed by atoms with Gasteiger partial charge in [-0.25, -0.2) is 14.4 Å².